The second kappa shape index (κ2) is 9.71. The molecule has 1 aromatic rings. The summed E-state index contributed by atoms with van der Waals surface area (Å²) in [7, 11) is -9.84. The van der Waals surface area contributed by atoms with Crippen molar-refractivity contribution in [2.24, 2.45) is 0 Å². The summed E-state index contributed by atoms with van der Waals surface area (Å²) in [5.74, 6) is 0.452. The number of alkyl halides is 6. The molecule has 0 aliphatic carbocycles. The van der Waals surface area contributed by atoms with Crippen LogP contribution in [0.25, 0.3) is 0 Å². The summed E-state index contributed by atoms with van der Waals surface area (Å²) in [6, 6.07) is 3.95. The number of ether oxygens (including phenoxy) is 1. The summed E-state index contributed by atoms with van der Waals surface area (Å²) in [5.41, 5.74) is -10.5. The molecule has 8 nitrogen and oxygen atoms in total. The number of benzene rings is 1. The predicted octanol–water partition coefficient (Wildman–Crippen LogP) is 3.20. The van der Waals surface area contributed by atoms with Gasteiger partial charge in [0.05, 0.1) is 18.5 Å². The average molecular weight is 476 g/mol. The van der Waals surface area contributed by atoms with Gasteiger partial charge in [0.15, 0.2) is 0 Å². The van der Waals surface area contributed by atoms with Crippen LogP contribution < -0.4 is 14.4 Å². The van der Waals surface area contributed by atoms with Gasteiger partial charge >= 0.3 is 31.2 Å². The first-order valence-electron chi connectivity index (χ1n) is 7.47. The Labute approximate surface area is 163 Å². The van der Waals surface area contributed by atoms with Crippen LogP contribution in [0.3, 0.4) is 0 Å². The van der Waals surface area contributed by atoms with Crippen molar-refractivity contribution in [1.29, 1.82) is 0 Å². The van der Waals surface area contributed by atoms with Gasteiger partial charge in [-0.05, 0) is 32.0 Å². The summed E-state index contributed by atoms with van der Waals surface area (Å²) >= 11 is 0. The van der Waals surface area contributed by atoms with Crippen molar-refractivity contribution in [2.75, 3.05) is 29.8 Å². The van der Waals surface area contributed by atoms with Crippen molar-refractivity contribution in [3.8, 4) is 5.75 Å². The lowest BCUT2D eigenvalue weighted by Gasteiger charge is -2.24. The van der Waals surface area contributed by atoms with Crippen LogP contribution in [0.2, 0.25) is 0 Å². The molecule has 0 amide bonds. The second-order valence-corrected chi connectivity index (χ2v) is 8.12. The Bertz CT molecular complexity index is 880. The highest BCUT2D eigenvalue weighted by Crippen LogP contribution is 2.33. The van der Waals surface area contributed by atoms with E-state index in [0.29, 0.717) is 24.5 Å². The fourth-order valence-electron chi connectivity index (χ4n) is 1.78. The van der Waals surface area contributed by atoms with Crippen molar-refractivity contribution in [2.45, 2.75) is 24.9 Å². The third kappa shape index (κ3) is 7.77. The van der Waals surface area contributed by atoms with Crippen LogP contribution in [0.15, 0.2) is 18.2 Å². The smallest absolute Gasteiger partial charge is 0.495 e. The quantitative estimate of drug-likeness (QED) is 0.368. The monoisotopic (exact) mass is 476 g/mol. The number of hydrogen-bond acceptors (Lipinski definition) is 6. The Kier molecular flexibility index (Phi) is 9.06. The van der Waals surface area contributed by atoms with Gasteiger partial charge in [-0.3, -0.25) is 9.27 Å². The van der Waals surface area contributed by atoms with Crippen LogP contribution in [0, 0.1) is 0 Å². The molecule has 0 saturated carbocycles. The molecule has 1 aromatic carbocycles. The zero-order valence-corrected chi connectivity index (χ0v) is 16.8. The maximum Gasteiger partial charge on any atom is 0.522 e. The highest BCUT2D eigenvalue weighted by atomic mass is 32.2. The predicted molar refractivity (Wildman–Crippen MR) is 92.8 cm³/mol. The van der Waals surface area contributed by atoms with E-state index in [-0.39, 0.29) is 5.69 Å². The zero-order valence-electron chi connectivity index (χ0n) is 15.2. The molecule has 2 N–H and O–H groups in total. The fraction of sp³-hybridized carbons (Fsp3) is 0.538. The maximum atomic E-state index is 12.4. The molecule has 170 valence electrons. The molecule has 29 heavy (non-hydrogen) atoms. The van der Waals surface area contributed by atoms with Gasteiger partial charge < -0.3 is 9.64 Å². The van der Waals surface area contributed by atoms with Gasteiger partial charge in [0.1, 0.15) is 5.75 Å². The molecular formula is C13H18F6N2O6S2. The van der Waals surface area contributed by atoms with E-state index in [9.17, 15) is 34.8 Å². The van der Waals surface area contributed by atoms with Crippen molar-refractivity contribution in [1.82, 2.24) is 0 Å². The summed E-state index contributed by atoms with van der Waals surface area (Å²) in [6.45, 7) is 4.94. The highest BCUT2D eigenvalue weighted by Gasteiger charge is 2.46. The van der Waals surface area contributed by atoms with Gasteiger partial charge in [-0.25, -0.2) is 0 Å². The third-order valence-corrected chi connectivity index (χ3v) is 4.83. The summed E-state index contributed by atoms with van der Waals surface area (Å²) < 4.78 is 124. The second-order valence-electron chi connectivity index (χ2n) is 5.03. The average Bonchev–Trinajstić information content (AvgIpc) is 2.53. The van der Waals surface area contributed by atoms with E-state index in [1.54, 1.807) is 0 Å². The summed E-state index contributed by atoms with van der Waals surface area (Å²) in [4.78, 5) is 1.84. The molecule has 0 aliphatic heterocycles. The van der Waals surface area contributed by atoms with E-state index in [1.807, 2.05) is 18.7 Å². The maximum absolute atomic E-state index is 12.4. The Balaban J connectivity index is 0.000000828. The first kappa shape index (κ1) is 27.1. The largest absolute Gasteiger partial charge is 0.522 e. The minimum atomic E-state index is -5.84. The van der Waals surface area contributed by atoms with Crippen molar-refractivity contribution < 1.29 is 52.5 Å². The van der Waals surface area contributed by atoms with Crippen LogP contribution >= 0.6 is 0 Å². The van der Waals surface area contributed by atoms with E-state index >= 15 is 0 Å². The molecule has 0 heterocycles. The van der Waals surface area contributed by atoms with Crippen molar-refractivity contribution >= 4 is 31.5 Å². The van der Waals surface area contributed by atoms with Crippen molar-refractivity contribution in [3.63, 3.8) is 0 Å². The highest BCUT2D eigenvalue weighted by molar-refractivity contribution is 7.93. The Hall–Kier alpha value is -1.94. The molecule has 0 aromatic heterocycles. The lowest BCUT2D eigenvalue weighted by atomic mass is 10.2. The SMILES string of the molecule is CCN(CC)c1cc(NS(=O)(=O)C(F)(F)F)ccc1OC.O=S(=O)(O)C(F)(F)F. The molecule has 1 rings (SSSR count). The van der Waals surface area contributed by atoms with E-state index < -0.39 is 31.2 Å². The number of hydrogen-bond donors (Lipinski definition) is 2. The lowest BCUT2D eigenvalue weighted by molar-refractivity contribution is -0.0510. The van der Waals surface area contributed by atoms with Crippen LogP contribution in [-0.2, 0) is 20.1 Å². The minimum absolute atomic E-state index is 0.171. The van der Waals surface area contributed by atoms with Gasteiger partial charge in [0.25, 0.3) is 0 Å². The topological polar surface area (TPSA) is 113 Å². The number of nitrogens with one attached hydrogen (secondary N) is 1. The summed E-state index contributed by atoms with van der Waals surface area (Å²) in [5, 5.41) is 0. The van der Waals surface area contributed by atoms with Crippen LogP contribution in [-0.4, -0.2) is 52.6 Å². The Morgan fingerprint density at radius 1 is 1.00 bits per heavy atom. The normalized spacial score (nSPS) is 12.6. The number of methoxy groups -OCH3 is 1. The molecule has 0 aliphatic rings. The summed E-state index contributed by atoms with van der Waals surface area (Å²) in [6.07, 6.45) is 0. The zero-order chi connectivity index (χ0) is 23.3. The number of halogens is 6. The molecule has 0 spiro atoms. The molecule has 0 atom stereocenters. The van der Waals surface area contributed by atoms with Crippen LogP contribution in [0.4, 0.5) is 37.7 Å². The van der Waals surface area contributed by atoms with Gasteiger partial charge in [0.2, 0.25) is 0 Å². The lowest BCUT2D eigenvalue weighted by Crippen LogP contribution is -2.30. The number of anilines is 2. The van der Waals surface area contributed by atoms with E-state index in [1.165, 1.54) is 30.0 Å². The van der Waals surface area contributed by atoms with Crippen LogP contribution in [0.5, 0.6) is 5.75 Å². The first-order valence-corrected chi connectivity index (χ1v) is 10.4. The Morgan fingerprint density at radius 2 is 1.45 bits per heavy atom. The van der Waals surface area contributed by atoms with Crippen LogP contribution in [0.1, 0.15) is 13.8 Å². The minimum Gasteiger partial charge on any atom is -0.495 e. The fourth-order valence-corrected chi connectivity index (χ4v) is 2.33. The molecular weight excluding hydrogens is 458 g/mol. The van der Waals surface area contributed by atoms with E-state index in [4.69, 9.17) is 17.7 Å². The molecule has 16 heteroatoms. The molecule has 0 radical (unpaired) electrons. The van der Waals surface area contributed by atoms with Gasteiger partial charge in [-0.2, -0.15) is 43.2 Å². The number of rotatable bonds is 6. The van der Waals surface area contributed by atoms with E-state index in [0.717, 1.165) is 0 Å². The number of nitrogens with zero attached hydrogens (tertiary/aromatic N) is 1. The van der Waals surface area contributed by atoms with Crippen molar-refractivity contribution in [3.05, 3.63) is 18.2 Å². The molecule has 0 bridgehead atoms. The standard InChI is InChI=1S/C12H17F3N2O3S.CHF3O3S/c1-4-17(5-2)10-8-9(6-7-11(10)20-3)16-21(18,19)12(13,14)15;2-1(3,4)8(5,6)7/h6-8,16H,4-5H2,1-3H3;(H,5,6,7). The Morgan fingerprint density at radius 3 is 1.76 bits per heavy atom. The molecule has 0 saturated heterocycles. The van der Waals surface area contributed by atoms with E-state index in [2.05, 4.69) is 0 Å². The van der Waals surface area contributed by atoms with Gasteiger partial charge in [0, 0.05) is 13.1 Å². The molecule has 0 unspecified atom stereocenters. The van der Waals surface area contributed by atoms with Gasteiger partial charge in [-0.1, -0.05) is 0 Å². The molecule has 0 fully saturated rings. The van der Waals surface area contributed by atoms with Gasteiger partial charge in [-0.15, -0.1) is 0 Å². The third-order valence-electron chi connectivity index (χ3n) is 3.13. The number of sulfonamides is 1. The first-order chi connectivity index (χ1) is 12.9.